The Balaban J connectivity index is 1.41. The minimum atomic E-state index is -0.800. The molecule has 1 atom stereocenters. The Morgan fingerprint density at radius 1 is 1.04 bits per heavy atom. The fourth-order valence-electron chi connectivity index (χ4n) is 5.29. The molecule has 1 aliphatic rings. The lowest BCUT2D eigenvalue weighted by Gasteiger charge is -2.26. The minimum absolute atomic E-state index is 0.0123. The number of nitro groups is 1. The molecule has 10 nitrogen and oxygen atoms in total. The van der Waals surface area contributed by atoms with Crippen molar-refractivity contribution in [3.63, 3.8) is 0 Å². The third-order valence-electron chi connectivity index (χ3n) is 7.60. The molecule has 0 saturated heterocycles. The van der Waals surface area contributed by atoms with Crippen LogP contribution in [-0.4, -0.2) is 29.2 Å². The highest BCUT2D eigenvalue weighted by molar-refractivity contribution is 9.10. The molecule has 5 aromatic rings. The van der Waals surface area contributed by atoms with Crippen LogP contribution < -0.4 is 24.4 Å². The van der Waals surface area contributed by atoms with Gasteiger partial charge in [-0.15, -0.1) is 0 Å². The second-order valence-electron chi connectivity index (χ2n) is 10.6. The van der Waals surface area contributed by atoms with Gasteiger partial charge in [0.2, 0.25) is 0 Å². The third-order valence-corrected chi connectivity index (χ3v) is 9.20. The van der Waals surface area contributed by atoms with E-state index >= 15 is 0 Å². The lowest BCUT2D eigenvalue weighted by Crippen LogP contribution is -2.40. The summed E-state index contributed by atoms with van der Waals surface area (Å²) in [4.78, 5) is 43.6. The van der Waals surface area contributed by atoms with Crippen LogP contribution in [0.2, 0.25) is 0 Å². The van der Waals surface area contributed by atoms with E-state index in [1.165, 1.54) is 23.5 Å². The zero-order chi connectivity index (χ0) is 33.8. The number of nitro benzene ring substituents is 1. The van der Waals surface area contributed by atoms with Crippen molar-refractivity contribution in [1.82, 2.24) is 4.57 Å². The first kappa shape index (κ1) is 32.6. The van der Waals surface area contributed by atoms with Gasteiger partial charge in [-0.2, -0.15) is 0 Å². The van der Waals surface area contributed by atoms with Crippen LogP contribution in [0, 0.1) is 10.1 Å². The summed E-state index contributed by atoms with van der Waals surface area (Å²) in [6, 6.07) is 27.4. The van der Waals surface area contributed by atoms with Crippen molar-refractivity contribution in [2.75, 3.05) is 13.7 Å². The average Bonchev–Trinajstić information content (AvgIpc) is 3.41. The number of esters is 1. The SMILES string of the molecule is CCOC(=O)C1=C(c2ccccc2)N=c2s/c(=C\c3ccc(OCc4ccc([N+](=O)[O-])cc4)c(Br)c3)c(=O)n2[C@H]1c1ccc(OC)cc1. The molecule has 0 fully saturated rings. The van der Waals surface area contributed by atoms with Crippen LogP contribution in [0.25, 0.3) is 11.8 Å². The maximum absolute atomic E-state index is 14.2. The van der Waals surface area contributed by atoms with Crippen molar-refractivity contribution in [3.8, 4) is 11.5 Å². The van der Waals surface area contributed by atoms with Gasteiger partial charge in [-0.05, 0) is 82.0 Å². The normalized spacial score (nSPS) is 14.2. The van der Waals surface area contributed by atoms with E-state index in [-0.39, 0.29) is 30.0 Å². The summed E-state index contributed by atoms with van der Waals surface area (Å²) in [6.45, 7) is 2.11. The number of fused-ring (bicyclic) bond motifs is 1. The van der Waals surface area contributed by atoms with Crippen molar-refractivity contribution in [3.05, 3.63) is 159 Å². The van der Waals surface area contributed by atoms with E-state index in [0.29, 0.717) is 36.6 Å². The predicted octanol–water partition coefficient (Wildman–Crippen LogP) is 6.19. The molecule has 2 heterocycles. The van der Waals surface area contributed by atoms with Gasteiger partial charge in [0.15, 0.2) is 4.80 Å². The van der Waals surface area contributed by atoms with E-state index in [9.17, 15) is 19.7 Å². The first-order valence-corrected chi connectivity index (χ1v) is 16.5. The maximum atomic E-state index is 14.2. The molecular formula is C36H28BrN3O7S. The quantitative estimate of drug-likeness (QED) is 0.0956. The fourth-order valence-corrected chi connectivity index (χ4v) is 6.80. The van der Waals surface area contributed by atoms with Crippen molar-refractivity contribution >= 4 is 50.7 Å². The third kappa shape index (κ3) is 6.71. The maximum Gasteiger partial charge on any atom is 0.338 e. The van der Waals surface area contributed by atoms with E-state index in [0.717, 1.165) is 16.7 Å². The number of ether oxygens (including phenoxy) is 3. The van der Waals surface area contributed by atoms with E-state index in [1.54, 1.807) is 55.0 Å². The Morgan fingerprint density at radius 2 is 1.77 bits per heavy atom. The number of carbonyl (C=O) groups excluding carboxylic acids is 1. The van der Waals surface area contributed by atoms with Crippen LogP contribution >= 0.6 is 27.3 Å². The molecule has 4 aromatic carbocycles. The zero-order valence-electron chi connectivity index (χ0n) is 25.8. The largest absolute Gasteiger partial charge is 0.497 e. The molecule has 0 unspecified atom stereocenters. The Labute approximate surface area is 287 Å². The smallest absolute Gasteiger partial charge is 0.338 e. The Morgan fingerprint density at radius 3 is 2.42 bits per heavy atom. The molecule has 0 amide bonds. The van der Waals surface area contributed by atoms with Crippen LogP contribution in [0.3, 0.4) is 0 Å². The number of hydrogen-bond donors (Lipinski definition) is 0. The van der Waals surface area contributed by atoms with Crippen LogP contribution in [0.15, 0.2) is 117 Å². The summed E-state index contributed by atoms with van der Waals surface area (Å²) in [5.74, 6) is 0.656. The molecule has 0 bridgehead atoms. The first-order chi connectivity index (χ1) is 23.3. The fraction of sp³-hybridized carbons (Fsp3) is 0.139. The van der Waals surface area contributed by atoms with Crippen LogP contribution in [-0.2, 0) is 16.1 Å². The molecule has 12 heteroatoms. The van der Waals surface area contributed by atoms with Crippen LogP contribution in [0.1, 0.15) is 35.2 Å². The van der Waals surface area contributed by atoms with E-state index in [1.807, 2.05) is 54.6 Å². The van der Waals surface area contributed by atoms with E-state index in [4.69, 9.17) is 19.2 Å². The number of halogens is 1. The Kier molecular flexibility index (Phi) is 9.65. The van der Waals surface area contributed by atoms with Gasteiger partial charge >= 0.3 is 5.97 Å². The van der Waals surface area contributed by atoms with Gasteiger partial charge in [-0.3, -0.25) is 19.5 Å². The summed E-state index contributed by atoms with van der Waals surface area (Å²) in [7, 11) is 1.57. The molecule has 0 radical (unpaired) electrons. The molecule has 0 spiro atoms. The van der Waals surface area contributed by atoms with Gasteiger partial charge < -0.3 is 14.2 Å². The summed E-state index contributed by atoms with van der Waals surface area (Å²) in [5.41, 5.74) is 3.37. The molecule has 1 aromatic heterocycles. The molecular weight excluding hydrogens is 698 g/mol. The topological polar surface area (TPSA) is 122 Å². The van der Waals surface area contributed by atoms with Crippen LogP contribution in [0.4, 0.5) is 5.69 Å². The summed E-state index contributed by atoms with van der Waals surface area (Å²) < 4.78 is 19.5. The Bertz CT molecular complexity index is 2210. The number of methoxy groups -OCH3 is 1. The van der Waals surface area contributed by atoms with Gasteiger partial charge in [0, 0.05) is 17.7 Å². The lowest BCUT2D eigenvalue weighted by molar-refractivity contribution is -0.384. The van der Waals surface area contributed by atoms with Gasteiger partial charge in [-0.1, -0.05) is 59.9 Å². The monoisotopic (exact) mass is 725 g/mol. The van der Waals surface area contributed by atoms with Crippen LogP contribution in [0.5, 0.6) is 11.5 Å². The van der Waals surface area contributed by atoms with E-state index in [2.05, 4.69) is 15.9 Å². The number of thiazole rings is 1. The summed E-state index contributed by atoms with van der Waals surface area (Å²) in [6.07, 6.45) is 1.77. The van der Waals surface area contributed by atoms with Crippen molar-refractivity contribution in [1.29, 1.82) is 0 Å². The molecule has 48 heavy (non-hydrogen) atoms. The molecule has 242 valence electrons. The van der Waals surface area contributed by atoms with Gasteiger partial charge in [-0.25, -0.2) is 9.79 Å². The number of nitrogens with zero attached hydrogens (tertiary/aromatic N) is 3. The standard InChI is InChI=1S/C36H28BrN3O7S/c1-3-46-35(42)31-32(24-7-5-4-6-8-24)38-36-39(33(31)25-12-16-27(45-2)17-13-25)34(41)30(48-36)20-23-11-18-29(28(37)19-23)47-21-22-9-14-26(15-10-22)40(43)44/h4-20,33H,3,21H2,1-2H3/b30-20-/t33-/m0/s1. The predicted molar refractivity (Wildman–Crippen MR) is 186 cm³/mol. The molecule has 0 aliphatic carbocycles. The van der Waals surface area contributed by atoms with Crippen molar-refractivity contribution in [2.45, 2.75) is 19.6 Å². The average molecular weight is 727 g/mol. The number of benzene rings is 4. The number of non-ortho nitro benzene ring substituents is 1. The highest BCUT2D eigenvalue weighted by Gasteiger charge is 2.35. The second-order valence-corrected chi connectivity index (χ2v) is 12.5. The molecule has 0 N–H and O–H groups in total. The highest BCUT2D eigenvalue weighted by Crippen LogP contribution is 2.36. The van der Waals surface area contributed by atoms with Crippen molar-refractivity contribution in [2.24, 2.45) is 4.99 Å². The molecule has 1 aliphatic heterocycles. The Hall–Kier alpha value is -5.33. The summed E-state index contributed by atoms with van der Waals surface area (Å²) in [5, 5.41) is 10.9. The molecule has 0 saturated carbocycles. The highest BCUT2D eigenvalue weighted by atomic mass is 79.9. The number of aromatic nitrogens is 1. The van der Waals surface area contributed by atoms with Gasteiger partial charge in [0.25, 0.3) is 11.2 Å². The number of hydrogen-bond acceptors (Lipinski definition) is 9. The summed E-state index contributed by atoms with van der Waals surface area (Å²) >= 11 is 4.80. The first-order valence-electron chi connectivity index (χ1n) is 14.9. The van der Waals surface area contributed by atoms with Crippen molar-refractivity contribution < 1.29 is 23.9 Å². The zero-order valence-corrected chi connectivity index (χ0v) is 28.2. The minimum Gasteiger partial charge on any atom is -0.497 e. The number of rotatable bonds is 10. The van der Waals surface area contributed by atoms with E-state index < -0.39 is 16.9 Å². The lowest BCUT2D eigenvalue weighted by atomic mass is 9.93. The van der Waals surface area contributed by atoms with Gasteiger partial charge in [0.1, 0.15) is 18.1 Å². The van der Waals surface area contributed by atoms with Gasteiger partial charge in [0.05, 0.1) is 45.0 Å². The number of carbonyl (C=O) groups is 1. The molecule has 6 rings (SSSR count). The second kappa shape index (κ2) is 14.2.